The van der Waals surface area contributed by atoms with Crippen molar-refractivity contribution in [3.05, 3.63) is 194 Å². The normalized spacial score (nSPS) is 11.8. The Bertz CT molecular complexity index is 3920. The molecule has 13 aromatic rings. The van der Waals surface area contributed by atoms with Crippen molar-refractivity contribution in [2.24, 2.45) is 0 Å². The lowest BCUT2D eigenvalue weighted by atomic mass is 9.92. The Labute approximate surface area is 364 Å². The first-order valence-electron chi connectivity index (χ1n) is 20.8. The van der Waals surface area contributed by atoms with E-state index in [9.17, 15) is 0 Å². The number of aromatic nitrogens is 4. The fourth-order valence-corrected chi connectivity index (χ4v) is 10.2. The van der Waals surface area contributed by atoms with Crippen LogP contribution in [0, 0.1) is 0 Å². The van der Waals surface area contributed by atoms with E-state index in [1.807, 2.05) is 66.1 Å². The maximum absolute atomic E-state index is 6.77. The van der Waals surface area contributed by atoms with Gasteiger partial charge in [-0.05, 0) is 76.9 Å². The Kier molecular flexibility index (Phi) is 7.98. The summed E-state index contributed by atoms with van der Waals surface area (Å²) in [4.78, 5) is 19.7. The van der Waals surface area contributed by atoms with Crippen LogP contribution in [-0.4, -0.2) is 19.9 Å². The fourth-order valence-electron chi connectivity index (χ4n) is 9.08. The van der Waals surface area contributed by atoms with E-state index in [1.165, 1.54) is 25.7 Å². The lowest BCUT2D eigenvalue weighted by Gasteiger charge is -2.11. The van der Waals surface area contributed by atoms with Crippen molar-refractivity contribution in [2.75, 3.05) is 0 Å². The van der Waals surface area contributed by atoms with Gasteiger partial charge in [0.15, 0.2) is 17.5 Å². The van der Waals surface area contributed by atoms with Crippen molar-refractivity contribution < 1.29 is 8.83 Å². The highest BCUT2D eigenvalue weighted by Gasteiger charge is 2.21. The molecule has 0 bridgehead atoms. The largest absolute Gasteiger partial charge is 0.456 e. The lowest BCUT2D eigenvalue weighted by molar-refractivity contribution is 0.669. The number of hydrogen-bond acceptors (Lipinski definition) is 7. The van der Waals surface area contributed by atoms with E-state index in [0.29, 0.717) is 17.5 Å². The maximum Gasteiger partial charge on any atom is 0.164 e. The summed E-state index contributed by atoms with van der Waals surface area (Å²) in [6.45, 7) is 0. The molecule has 0 saturated heterocycles. The predicted octanol–water partition coefficient (Wildman–Crippen LogP) is 15.4. The van der Waals surface area contributed by atoms with Gasteiger partial charge >= 0.3 is 0 Å². The second-order valence-corrected chi connectivity index (χ2v) is 16.8. The molecular weight excluding hydrogens is 793 g/mol. The molecule has 8 aromatic carbocycles. The van der Waals surface area contributed by atoms with E-state index in [1.54, 1.807) is 6.20 Å². The third-order valence-corrected chi connectivity index (χ3v) is 13.2. The summed E-state index contributed by atoms with van der Waals surface area (Å²) in [5, 5.41) is 6.88. The van der Waals surface area contributed by atoms with Crippen LogP contribution in [0.15, 0.2) is 203 Å². The van der Waals surface area contributed by atoms with Crippen LogP contribution in [0.3, 0.4) is 0 Å². The van der Waals surface area contributed by atoms with Gasteiger partial charge in [0.2, 0.25) is 0 Å². The number of para-hydroxylation sites is 2. The molecule has 0 radical (unpaired) electrons. The molecular formula is C56H32N4O2S. The van der Waals surface area contributed by atoms with E-state index >= 15 is 0 Å². The maximum atomic E-state index is 6.77. The van der Waals surface area contributed by atoms with Gasteiger partial charge in [-0.2, -0.15) is 0 Å². The first kappa shape index (κ1) is 35.5. The predicted molar refractivity (Wildman–Crippen MR) is 258 cm³/mol. The monoisotopic (exact) mass is 824 g/mol. The van der Waals surface area contributed by atoms with Gasteiger partial charge in [-0.15, -0.1) is 11.3 Å². The molecule has 0 aliphatic rings. The number of fused-ring (bicyclic) bond motifs is 9. The summed E-state index contributed by atoms with van der Waals surface area (Å²) >= 11 is 1.84. The SMILES string of the molecule is c1cncc(-c2cccc(-c3nc(-c4ccc(-c5ccc(-c6cccc7sc8ccccc8c67)c6c5oc5ccccc56)cc4)nc(-c4ccc5c(c4)oc4ccccc45)n3)c2)c1. The Hall–Kier alpha value is -8.26. The zero-order valence-corrected chi connectivity index (χ0v) is 34.3. The minimum Gasteiger partial charge on any atom is -0.456 e. The van der Waals surface area contributed by atoms with Crippen molar-refractivity contribution >= 4 is 75.4 Å². The van der Waals surface area contributed by atoms with Crippen molar-refractivity contribution in [1.29, 1.82) is 0 Å². The first-order chi connectivity index (χ1) is 31.2. The van der Waals surface area contributed by atoms with Gasteiger partial charge < -0.3 is 8.83 Å². The van der Waals surface area contributed by atoms with Gasteiger partial charge in [0.1, 0.15) is 22.3 Å². The number of benzene rings is 8. The van der Waals surface area contributed by atoms with Crippen LogP contribution in [-0.2, 0) is 0 Å². The second kappa shape index (κ2) is 14.2. The third-order valence-electron chi connectivity index (χ3n) is 12.1. The molecule has 63 heavy (non-hydrogen) atoms. The van der Waals surface area contributed by atoms with Crippen LogP contribution in [0.5, 0.6) is 0 Å². The smallest absolute Gasteiger partial charge is 0.164 e. The molecule has 6 nitrogen and oxygen atoms in total. The zero-order valence-electron chi connectivity index (χ0n) is 33.5. The summed E-state index contributed by atoms with van der Waals surface area (Å²) in [5.74, 6) is 1.70. The molecule has 7 heteroatoms. The third kappa shape index (κ3) is 5.86. The minimum atomic E-state index is 0.557. The van der Waals surface area contributed by atoms with Crippen LogP contribution in [0.25, 0.3) is 132 Å². The molecule has 0 saturated carbocycles. The Balaban J connectivity index is 0.947. The number of pyridine rings is 1. The molecule has 0 unspecified atom stereocenters. The van der Waals surface area contributed by atoms with Crippen LogP contribution < -0.4 is 0 Å². The Morgan fingerprint density at radius 1 is 0.349 bits per heavy atom. The van der Waals surface area contributed by atoms with Crippen molar-refractivity contribution in [3.8, 4) is 67.5 Å². The molecule has 0 aliphatic heterocycles. The molecule has 5 aromatic heterocycles. The molecule has 0 fully saturated rings. The first-order valence-corrected chi connectivity index (χ1v) is 21.7. The average molecular weight is 825 g/mol. The van der Waals surface area contributed by atoms with Crippen LogP contribution in [0.2, 0.25) is 0 Å². The molecule has 294 valence electrons. The van der Waals surface area contributed by atoms with Gasteiger partial charge in [0.05, 0.1) is 0 Å². The van der Waals surface area contributed by atoms with E-state index in [2.05, 4.69) is 138 Å². The summed E-state index contributed by atoms with van der Waals surface area (Å²) < 4.78 is 15.6. The Morgan fingerprint density at radius 3 is 1.78 bits per heavy atom. The number of nitrogens with zero attached hydrogens (tertiary/aromatic N) is 4. The highest BCUT2D eigenvalue weighted by Crippen LogP contribution is 2.46. The molecule has 0 aliphatic carbocycles. The van der Waals surface area contributed by atoms with E-state index < -0.39 is 0 Å². The van der Waals surface area contributed by atoms with E-state index in [-0.39, 0.29) is 0 Å². The topological polar surface area (TPSA) is 77.8 Å². The van der Waals surface area contributed by atoms with E-state index in [0.717, 1.165) is 88.4 Å². The summed E-state index contributed by atoms with van der Waals surface area (Å²) in [7, 11) is 0. The molecule has 0 N–H and O–H groups in total. The van der Waals surface area contributed by atoms with Gasteiger partial charge in [-0.1, -0.05) is 127 Å². The minimum absolute atomic E-state index is 0.557. The summed E-state index contributed by atoms with van der Waals surface area (Å²) in [6.07, 6.45) is 3.65. The second-order valence-electron chi connectivity index (χ2n) is 15.8. The van der Waals surface area contributed by atoms with Gasteiger partial charge in [-0.3, -0.25) is 4.98 Å². The number of hydrogen-bond donors (Lipinski definition) is 0. The van der Waals surface area contributed by atoms with Crippen LogP contribution in [0.1, 0.15) is 0 Å². The van der Waals surface area contributed by atoms with Crippen LogP contribution in [0.4, 0.5) is 0 Å². The standard InChI is InChI=1S/C56H32N4O2S/c1-4-17-46-40(13-1)41-26-25-37(31-48(41)61-46)56-59-54(58-55(60-56)36-11-7-10-35(30-36)38-12-9-29-57-32-38)34-23-21-33(22-24-34)39-27-28-43(52-44-14-2-5-18-47(44)62-53(39)52)42-16-8-20-50-51(42)45-15-3-6-19-49(45)63-50/h1-32H. The summed E-state index contributed by atoms with van der Waals surface area (Å²) in [6, 6.07) is 63.1. The van der Waals surface area contributed by atoms with Crippen molar-refractivity contribution in [2.45, 2.75) is 0 Å². The quantitative estimate of drug-likeness (QED) is 0.166. The number of furan rings is 2. The van der Waals surface area contributed by atoms with Gasteiger partial charge in [0, 0.05) is 81.9 Å². The van der Waals surface area contributed by atoms with E-state index in [4.69, 9.17) is 23.8 Å². The van der Waals surface area contributed by atoms with Gasteiger partial charge in [-0.25, -0.2) is 15.0 Å². The number of rotatable bonds is 6. The Morgan fingerprint density at radius 2 is 0.952 bits per heavy atom. The molecule has 0 amide bonds. The molecule has 13 rings (SSSR count). The van der Waals surface area contributed by atoms with Crippen molar-refractivity contribution in [1.82, 2.24) is 19.9 Å². The summed E-state index contributed by atoms with van der Waals surface area (Å²) in [5.41, 5.74) is 12.4. The van der Waals surface area contributed by atoms with Crippen molar-refractivity contribution in [3.63, 3.8) is 0 Å². The molecule has 0 spiro atoms. The fraction of sp³-hybridized carbons (Fsp3) is 0. The molecule has 0 atom stereocenters. The zero-order chi connectivity index (χ0) is 41.4. The molecule has 5 heterocycles. The number of thiophene rings is 1. The average Bonchev–Trinajstić information content (AvgIpc) is 4.06. The highest BCUT2D eigenvalue weighted by atomic mass is 32.1. The van der Waals surface area contributed by atoms with Gasteiger partial charge in [0.25, 0.3) is 0 Å². The highest BCUT2D eigenvalue weighted by molar-refractivity contribution is 7.25. The van der Waals surface area contributed by atoms with Crippen LogP contribution >= 0.6 is 11.3 Å². The lowest BCUT2D eigenvalue weighted by Crippen LogP contribution is -2.00.